The maximum Gasteiger partial charge on any atom is 0.0912 e. The van der Waals surface area contributed by atoms with Crippen LogP contribution in [-0.4, -0.2) is 21.7 Å². The van der Waals surface area contributed by atoms with Gasteiger partial charge in [0.2, 0.25) is 0 Å². The lowest BCUT2D eigenvalue weighted by atomic mass is 10.1. The average Bonchev–Trinajstić information content (AvgIpc) is 3.01. The van der Waals surface area contributed by atoms with Crippen LogP contribution in [0.1, 0.15) is 17.8 Å². The summed E-state index contributed by atoms with van der Waals surface area (Å²) >= 11 is 0. The average molecular weight is 211 g/mol. The van der Waals surface area contributed by atoms with Gasteiger partial charge in [-0.2, -0.15) is 10.2 Å². The van der Waals surface area contributed by atoms with Crippen molar-refractivity contribution >= 4 is 11.3 Å². The normalized spacial score (nSPS) is 15.2. The molecule has 0 saturated carbocycles. The summed E-state index contributed by atoms with van der Waals surface area (Å²) in [4.78, 5) is 3.18. The molecule has 0 amide bonds. The quantitative estimate of drug-likeness (QED) is 0.821. The summed E-state index contributed by atoms with van der Waals surface area (Å²) < 4.78 is 0. The lowest BCUT2D eigenvalue weighted by Crippen LogP contribution is -1.97. The van der Waals surface area contributed by atoms with Crippen molar-refractivity contribution in [3.63, 3.8) is 0 Å². The van der Waals surface area contributed by atoms with Crippen molar-refractivity contribution in [2.75, 3.05) is 6.54 Å². The smallest absolute Gasteiger partial charge is 0.0912 e. The molecule has 0 atom stereocenters. The molecule has 0 unspecified atom stereocenters. The monoisotopic (exact) mass is 211 g/mol. The van der Waals surface area contributed by atoms with Gasteiger partial charge >= 0.3 is 0 Å². The Hall–Kier alpha value is -2.10. The van der Waals surface area contributed by atoms with Crippen LogP contribution in [0.2, 0.25) is 0 Å². The van der Waals surface area contributed by atoms with E-state index in [1.165, 1.54) is 5.57 Å². The molecule has 0 saturated heterocycles. The number of hydrogen-bond acceptors (Lipinski definition) is 2. The molecule has 79 valence electrons. The zero-order chi connectivity index (χ0) is 10.8. The molecule has 0 bridgehead atoms. The van der Waals surface area contributed by atoms with Gasteiger partial charge in [-0.1, -0.05) is 0 Å². The van der Waals surface area contributed by atoms with Crippen molar-refractivity contribution in [1.29, 1.82) is 0 Å². The second-order valence-electron chi connectivity index (χ2n) is 3.65. The fourth-order valence-electron chi connectivity index (χ4n) is 1.93. The number of aromatic amines is 1. The van der Waals surface area contributed by atoms with Crippen LogP contribution in [-0.2, 0) is 0 Å². The van der Waals surface area contributed by atoms with Gasteiger partial charge in [-0.05, 0) is 30.7 Å². The summed E-state index contributed by atoms with van der Waals surface area (Å²) in [6.07, 6.45) is 4.53. The van der Waals surface area contributed by atoms with Crippen molar-refractivity contribution in [1.82, 2.24) is 20.5 Å². The third kappa shape index (κ3) is 1.48. The molecule has 1 aliphatic rings. The fourth-order valence-corrected chi connectivity index (χ4v) is 1.93. The minimum Gasteiger partial charge on any atom is -0.360 e. The summed E-state index contributed by atoms with van der Waals surface area (Å²) in [7, 11) is 0. The van der Waals surface area contributed by atoms with E-state index in [4.69, 9.17) is 0 Å². The van der Waals surface area contributed by atoms with Gasteiger partial charge in [0.05, 0.1) is 17.1 Å². The third-order valence-electron chi connectivity index (χ3n) is 2.65. The van der Waals surface area contributed by atoms with Crippen molar-refractivity contribution in [2.24, 2.45) is 0 Å². The maximum absolute atomic E-state index is 4.52. The van der Waals surface area contributed by atoms with Gasteiger partial charge in [0.1, 0.15) is 0 Å². The number of nitrogens with zero attached hydrogens (tertiary/aromatic N) is 3. The Balaban J connectivity index is 2.08. The topological polar surface area (TPSA) is 55.7 Å². The Morgan fingerprint density at radius 1 is 1.19 bits per heavy atom. The van der Waals surface area contributed by atoms with E-state index >= 15 is 0 Å². The molecule has 4 heteroatoms. The molecule has 0 spiro atoms. The van der Waals surface area contributed by atoms with Crippen LogP contribution < -0.4 is 5.32 Å². The SMILES string of the molecule is c1cnnc(C2=C(c3ccc[nH]3)[N]CC2)c1. The first kappa shape index (κ1) is 9.15. The summed E-state index contributed by atoms with van der Waals surface area (Å²) in [6, 6.07) is 7.89. The van der Waals surface area contributed by atoms with Crippen LogP contribution in [0.4, 0.5) is 0 Å². The lowest BCUT2D eigenvalue weighted by molar-refractivity contribution is 0.908. The molecule has 0 aromatic carbocycles. The van der Waals surface area contributed by atoms with E-state index in [-0.39, 0.29) is 0 Å². The van der Waals surface area contributed by atoms with E-state index in [0.29, 0.717) is 0 Å². The van der Waals surface area contributed by atoms with Gasteiger partial charge in [-0.25, -0.2) is 0 Å². The molecule has 2 aromatic heterocycles. The van der Waals surface area contributed by atoms with Crippen LogP contribution in [0.5, 0.6) is 0 Å². The molecule has 1 N–H and O–H groups in total. The van der Waals surface area contributed by atoms with Gasteiger partial charge in [-0.3, -0.25) is 5.32 Å². The molecule has 0 fully saturated rings. The minimum absolute atomic E-state index is 0.834. The van der Waals surface area contributed by atoms with E-state index < -0.39 is 0 Å². The number of H-pyrrole nitrogens is 1. The third-order valence-corrected chi connectivity index (χ3v) is 2.65. The molecule has 1 radical (unpaired) electrons. The summed E-state index contributed by atoms with van der Waals surface area (Å²) in [5.74, 6) is 0. The molecular weight excluding hydrogens is 200 g/mol. The number of hydrogen-bond donors (Lipinski definition) is 1. The van der Waals surface area contributed by atoms with Crippen molar-refractivity contribution < 1.29 is 0 Å². The zero-order valence-electron chi connectivity index (χ0n) is 8.72. The fraction of sp³-hybridized carbons (Fsp3) is 0.167. The Labute approximate surface area is 93.4 Å². The van der Waals surface area contributed by atoms with Crippen LogP contribution in [0.15, 0.2) is 36.7 Å². The minimum atomic E-state index is 0.834. The van der Waals surface area contributed by atoms with E-state index in [9.17, 15) is 0 Å². The van der Waals surface area contributed by atoms with Crippen molar-refractivity contribution in [3.8, 4) is 0 Å². The highest BCUT2D eigenvalue weighted by Gasteiger charge is 2.20. The molecule has 3 heterocycles. The van der Waals surface area contributed by atoms with Crippen LogP contribution in [0.25, 0.3) is 11.3 Å². The number of aromatic nitrogens is 3. The summed E-state index contributed by atoms with van der Waals surface area (Å²) in [6.45, 7) is 0.834. The van der Waals surface area contributed by atoms with E-state index in [1.54, 1.807) is 6.20 Å². The summed E-state index contributed by atoms with van der Waals surface area (Å²) in [5.41, 5.74) is 4.17. The van der Waals surface area contributed by atoms with Gasteiger partial charge in [0.15, 0.2) is 0 Å². The molecule has 16 heavy (non-hydrogen) atoms. The molecule has 0 aliphatic carbocycles. The second-order valence-corrected chi connectivity index (χ2v) is 3.65. The highest BCUT2D eigenvalue weighted by molar-refractivity contribution is 5.89. The Kier molecular flexibility index (Phi) is 2.18. The number of rotatable bonds is 2. The first-order valence-electron chi connectivity index (χ1n) is 5.27. The zero-order valence-corrected chi connectivity index (χ0v) is 8.72. The van der Waals surface area contributed by atoms with Crippen LogP contribution in [0.3, 0.4) is 0 Å². The van der Waals surface area contributed by atoms with Gasteiger partial charge in [0.25, 0.3) is 0 Å². The Bertz CT molecular complexity index is 499. The van der Waals surface area contributed by atoms with E-state index in [0.717, 1.165) is 30.1 Å². The maximum atomic E-state index is 4.52. The Morgan fingerprint density at radius 3 is 2.94 bits per heavy atom. The van der Waals surface area contributed by atoms with E-state index in [2.05, 4.69) is 20.5 Å². The first-order chi connectivity index (χ1) is 7.95. The molecule has 3 rings (SSSR count). The molecule has 4 nitrogen and oxygen atoms in total. The second kappa shape index (κ2) is 3.81. The van der Waals surface area contributed by atoms with Crippen molar-refractivity contribution in [2.45, 2.75) is 6.42 Å². The largest absolute Gasteiger partial charge is 0.360 e. The standard InChI is InChI=1S/C12H11N4/c1-4-11(13-6-1)12-9(5-8-14-12)10-3-2-7-15-16-10/h1-4,6-7,13H,5,8H2. The molecular formula is C12H11N4. The highest BCUT2D eigenvalue weighted by atomic mass is 15.1. The van der Waals surface area contributed by atoms with E-state index in [1.807, 2.05) is 30.5 Å². The van der Waals surface area contributed by atoms with Gasteiger partial charge in [0, 0.05) is 24.5 Å². The predicted molar refractivity (Wildman–Crippen MR) is 61.3 cm³/mol. The highest BCUT2D eigenvalue weighted by Crippen LogP contribution is 2.29. The van der Waals surface area contributed by atoms with Gasteiger partial charge < -0.3 is 4.98 Å². The number of nitrogens with one attached hydrogen (secondary N) is 1. The molecule has 2 aromatic rings. The first-order valence-corrected chi connectivity index (χ1v) is 5.27. The molecule has 1 aliphatic heterocycles. The van der Waals surface area contributed by atoms with Crippen LogP contribution in [0, 0.1) is 0 Å². The predicted octanol–water partition coefficient (Wildman–Crippen LogP) is 1.68. The lowest BCUT2D eigenvalue weighted by Gasteiger charge is -2.02. The van der Waals surface area contributed by atoms with Crippen LogP contribution >= 0.6 is 0 Å². The Morgan fingerprint density at radius 2 is 2.19 bits per heavy atom. The van der Waals surface area contributed by atoms with Crippen molar-refractivity contribution in [3.05, 3.63) is 48.0 Å². The van der Waals surface area contributed by atoms with Gasteiger partial charge in [-0.15, -0.1) is 0 Å². The summed E-state index contributed by atoms with van der Waals surface area (Å²) in [5, 5.41) is 12.6.